The summed E-state index contributed by atoms with van der Waals surface area (Å²) in [4.78, 5) is 0. The van der Waals surface area contributed by atoms with E-state index < -0.39 is 0 Å². The van der Waals surface area contributed by atoms with E-state index in [2.05, 4.69) is 57.6 Å². The van der Waals surface area contributed by atoms with Crippen LogP contribution >= 0.6 is 15.9 Å². The fourth-order valence-electron chi connectivity index (χ4n) is 4.13. The van der Waals surface area contributed by atoms with Crippen LogP contribution < -0.4 is 11.1 Å². The molecule has 3 atom stereocenters. The van der Waals surface area contributed by atoms with Crippen molar-refractivity contribution in [1.29, 1.82) is 0 Å². The van der Waals surface area contributed by atoms with Gasteiger partial charge in [-0.25, -0.2) is 0 Å². The summed E-state index contributed by atoms with van der Waals surface area (Å²) >= 11 is 3.61. The molecule has 3 heteroatoms. The Morgan fingerprint density at radius 2 is 1.91 bits per heavy atom. The van der Waals surface area contributed by atoms with Gasteiger partial charge in [0, 0.05) is 22.2 Å². The van der Waals surface area contributed by atoms with Gasteiger partial charge >= 0.3 is 0 Å². The topological polar surface area (TPSA) is 38.0 Å². The third-order valence-corrected chi connectivity index (χ3v) is 5.72. The second-order valence-corrected chi connectivity index (χ2v) is 7.54. The molecule has 2 aliphatic heterocycles. The maximum absolute atomic E-state index is 6.23. The Labute approximate surface area is 140 Å². The van der Waals surface area contributed by atoms with Gasteiger partial charge in [-0.1, -0.05) is 40.2 Å². The Bertz CT molecular complexity index is 698. The number of benzene rings is 2. The number of halogens is 1. The first kappa shape index (κ1) is 14.3. The fourth-order valence-corrected chi connectivity index (χ4v) is 4.55. The molecule has 2 nitrogen and oxygen atoms in total. The Morgan fingerprint density at radius 3 is 2.77 bits per heavy atom. The molecule has 22 heavy (non-hydrogen) atoms. The Balaban J connectivity index is 1.72. The fraction of sp³-hybridized carbons (Fsp3) is 0.368. The van der Waals surface area contributed by atoms with Crippen LogP contribution in [0.15, 0.2) is 46.9 Å². The van der Waals surface area contributed by atoms with E-state index in [-0.39, 0.29) is 0 Å². The first-order valence-corrected chi connectivity index (χ1v) is 8.88. The van der Waals surface area contributed by atoms with E-state index in [4.69, 9.17) is 5.73 Å². The molecule has 0 spiro atoms. The molecule has 0 unspecified atom stereocenters. The van der Waals surface area contributed by atoms with Crippen LogP contribution in [0.4, 0.5) is 5.69 Å². The van der Waals surface area contributed by atoms with Crippen molar-refractivity contribution in [1.82, 2.24) is 5.32 Å². The Kier molecular flexibility index (Phi) is 3.71. The molecular weight excluding hydrogens is 336 g/mol. The number of nitrogens with two attached hydrogens (primary N) is 1. The molecule has 2 aromatic carbocycles. The predicted molar refractivity (Wildman–Crippen MR) is 94.8 cm³/mol. The van der Waals surface area contributed by atoms with Crippen molar-refractivity contribution in [3.8, 4) is 0 Å². The van der Waals surface area contributed by atoms with Crippen LogP contribution in [-0.4, -0.2) is 6.04 Å². The van der Waals surface area contributed by atoms with Crippen LogP contribution in [0.25, 0.3) is 0 Å². The Morgan fingerprint density at radius 1 is 1.05 bits per heavy atom. The number of hydrogen-bond donors (Lipinski definition) is 2. The van der Waals surface area contributed by atoms with E-state index in [1.165, 1.54) is 29.5 Å². The number of rotatable bonds is 1. The van der Waals surface area contributed by atoms with Gasteiger partial charge in [-0.15, -0.1) is 0 Å². The van der Waals surface area contributed by atoms with Gasteiger partial charge in [-0.2, -0.15) is 0 Å². The SMILES string of the molecule is Nc1cccc2c1C[C@@H]1CC[C@H](C2)[C@H](c2cccc(Br)c2)N1. The minimum Gasteiger partial charge on any atom is -0.398 e. The molecule has 114 valence electrons. The van der Waals surface area contributed by atoms with Crippen LogP contribution in [0.2, 0.25) is 0 Å². The number of piperidine rings is 1. The van der Waals surface area contributed by atoms with Crippen LogP contribution in [0.3, 0.4) is 0 Å². The highest BCUT2D eigenvalue weighted by atomic mass is 79.9. The quantitative estimate of drug-likeness (QED) is 0.750. The molecule has 5 rings (SSSR count). The minimum atomic E-state index is 0.450. The average molecular weight is 357 g/mol. The molecule has 0 radical (unpaired) electrons. The summed E-state index contributed by atoms with van der Waals surface area (Å²) in [6.07, 6.45) is 4.72. The average Bonchev–Trinajstić information content (AvgIpc) is 2.48. The maximum Gasteiger partial charge on any atom is 0.0354 e. The summed E-state index contributed by atoms with van der Waals surface area (Å²) in [6, 6.07) is 16.1. The smallest absolute Gasteiger partial charge is 0.0354 e. The zero-order valence-electron chi connectivity index (χ0n) is 12.6. The lowest BCUT2D eigenvalue weighted by atomic mass is 9.75. The monoisotopic (exact) mass is 356 g/mol. The molecule has 3 N–H and O–H groups in total. The van der Waals surface area contributed by atoms with Gasteiger partial charge in [0.25, 0.3) is 0 Å². The highest BCUT2D eigenvalue weighted by Gasteiger charge is 2.34. The standard InChI is InChI=1S/C19H21BrN2/c20-15-5-1-4-13(10-15)19-14-7-8-16(22-19)11-17-12(9-14)3-2-6-18(17)21/h1-6,10,14,16,19,22H,7-9,11,21H2/t14-,16+,19+/m1/s1. The van der Waals surface area contributed by atoms with Crippen molar-refractivity contribution >= 4 is 21.6 Å². The molecule has 0 aromatic heterocycles. The van der Waals surface area contributed by atoms with E-state index in [9.17, 15) is 0 Å². The van der Waals surface area contributed by atoms with E-state index >= 15 is 0 Å². The molecule has 1 aliphatic carbocycles. The third-order valence-electron chi connectivity index (χ3n) is 5.22. The maximum atomic E-state index is 6.23. The van der Waals surface area contributed by atoms with Crippen molar-refractivity contribution in [3.63, 3.8) is 0 Å². The molecule has 1 saturated heterocycles. The number of anilines is 1. The van der Waals surface area contributed by atoms with Crippen LogP contribution in [0.1, 0.15) is 35.6 Å². The van der Waals surface area contributed by atoms with Gasteiger partial charge in [-0.3, -0.25) is 0 Å². The largest absolute Gasteiger partial charge is 0.398 e. The van der Waals surface area contributed by atoms with Crippen molar-refractivity contribution in [2.24, 2.45) is 5.92 Å². The van der Waals surface area contributed by atoms with Gasteiger partial charge in [0.2, 0.25) is 0 Å². The second-order valence-electron chi connectivity index (χ2n) is 6.63. The summed E-state index contributed by atoms with van der Waals surface area (Å²) in [5.74, 6) is 0.645. The first-order valence-electron chi connectivity index (χ1n) is 8.08. The first-order chi connectivity index (χ1) is 10.7. The normalized spacial score (nSPS) is 27.0. The summed E-state index contributed by atoms with van der Waals surface area (Å²) in [5, 5.41) is 3.89. The van der Waals surface area contributed by atoms with Crippen LogP contribution in [0, 0.1) is 5.92 Å². The minimum absolute atomic E-state index is 0.450. The van der Waals surface area contributed by atoms with Crippen molar-refractivity contribution in [2.45, 2.75) is 37.8 Å². The molecule has 0 amide bonds. The summed E-state index contributed by atoms with van der Waals surface area (Å²) < 4.78 is 1.16. The zero-order valence-corrected chi connectivity index (χ0v) is 14.1. The predicted octanol–water partition coefficient (Wildman–Crippen LogP) is 4.24. The van der Waals surface area contributed by atoms with Crippen molar-refractivity contribution < 1.29 is 0 Å². The van der Waals surface area contributed by atoms with E-state index in [0.717, 1.165) is 23.0 Å². The van der Waals surface area contributed by atoms with Crippen LogP contribution in [0.5, 0.6) is 0 Å². The van der Waals surface area contributed by atoms with Gasteiger partial charge in [-0.05, 0) is 66.5 Å². The number of fused-ring (bicyclic) bond motifs is 2. The molecule has 0 saturated carbocycles. The molecule has 2 aromatic rings. The zero-order chi connectivity index (χ0) is 15.1. The lowest BCUT2D eigenvalue weighted by Gasteiger charge is -2.41. The van der Waals surface area contributed by atoms with Gasteiger partial charge < -0.3 is 11.1 Å². The van der Waals surface area contributed by atoms with E-state index in [1.807, 2.05) is 6.07 Å². The third kappa shape index (κ3) is 2.57. The van der Waals surface area contributed by atoms with E-state index in [0.29, 0.717) is 18.0 Å². The van der Waals surface area contributed by atoms with Crippen molar-refractivity contribution in [2.75, 3.05) is 5.73 Å². The molecule has 1 fully saturated rings. The lowest BCUT2D eigenvalue weighted by Crippen LogP contribution is -2.45. The lowest BCUT2D eigenvalue weighted by molar-refractivity contribution is 0.221. The summed E-state index contributed by atoms with van der Waals surface area (Å²) in [5.41, 5.74) is 11.4. The summed E-state index contributed by atoms with van der Waals surface area (Å²) in [7, 11) is 0. The van der Waals surface area contributed by atoms with Crippen molar-refractivity contribution in [3.05, 3.63) is 63.6 Å². The Hall–Kier alpha value is -1.32. The number of nitrogen functional groups attached to an aromatic ring is 1. The number of hydrogen-bond acceptors (Lipinski definition) is 2. The van der Waals surface area contributed by atoms with E-state index in [1.54, 1.807) is 0 Å². The highest BCUT2D eigenvalue weighted by molar-refractivity contribution is 9.10. The van der Waals surface area contributed by atoms with Gasteiger partial charge in [0.05, 0.1) is 0 Å². The highest BCUT2D eigenvalue weighted by Crippen LogP contribution is 2.39. The molecule has 3 aliphatic rings. The second kappa shape index (κ2) is 5.71. The molecule has 2 bridgehead atoms. The van der Waals surface area contributed by atoms with Gasteiger partial charge in [0.1, 0.15) is 0 Å². The summed E-state index contributed by atoms with van der Waals surface area (Å²) in [6.45, 7) is 0. The van der Waals surface area contributed by atoms with Crippen LogP contribution in [-0.2, 0) is 12.8 Å². The number of nitrogens with one attached hydrogen (secondary N) is 1. The van der Waals surface area contributed by atoms with Gasteiger partial charge in [0.15, 0.2) is 0 Å². The molecular formula is C19H21BrN2. The molecule has 2 heterocycles.